The summed E-state index contributed by atoms with van der Waals surface area (Å²) >= 11 is 5.68. The van der Waals surface area contributed by atoms with Crippen LogP contribution in [0.25, 0.3) is 0 Å². The Hall–Kier alpha value is -0.580. The number of halogens is 1. The Morgan fingerprint density at radius 3 is 2.30 bits per heavy atom. The van der Waals surface area contributed by atoms with Crippen molar-refractivity contribution in [3.05, 3.63) is 29.8 Å². The van der Waals surface area contributed by atoms with E-state index in [2.05, 4.69) is 11.6 Å². The third-order valence-electron chi connectivity index (χ3n) is 3.95. The minimum Gasteiger partial charge on any atom is -0.208 e. The first-order valence-corrected chi connectivity index (χ1v) is 9.20. The molecule has 0 atom stereocenters. The van der Waals surface area contributed by atoms with E-state index in [4.69, 9.17) is 11.6 Å². The van der Waals surface area contributed by atoms with Crippen molar-refractivity contribution in [2.45, 2.75) is 50.0 Å². The van der Waals surface area contributed by atoms with Crippen LogP contribution in [0.3, 0.4) is 0 Å². The highest BCUT2D eigenvalue weighted by atomic mass is 35.5. The molecule has 1 aromatic carbocycles. The van der Waals surface area contributed by atoms with Crippen LogP contribution in [-0.4, -0.2) is 20.3 Å². The summed E-state index contributed by atoms with van der Waals surface area (Å²) in [6.07, 6.45) is 4.83. The summed E-state index contributed by atoms with van der Waals surface area (Å²) < 4.78 is 27.5. The van der Waals surface area contributed by atoms with Gasteiger partial charge in [0.1, 0.15) is 0 Å². The van der Waals surface area contributed by atoms with Gasteiger partial charge in [0.15, 0.2) is 0 Å². The molecule has 0 spiro atoms. The van der Waals surface area contributed by atoms with Gasteiger partial charge in [0.2, 0.25) is 10.0 Å². The Morgan fingerprint density at radius 1 is 1.15 bits per heavy atom. The number of nitrogens with one attached hydrogen (secondary N) is 1. The minimum atomic E-state index is -3.39. The molecule has 0 aromatic heterocycles. The van der Waals surface area contributed by atoms with Crippen molar-refractivity contribution in [2.75, 3.05) is 5.88 Å². The number of hydrogen-bond acceptors (Lipinski definition) is 2. The van der Waals surface area contributed by atoms with Crippen LogP contribution >= 0.6 is 11.6 Å². The highest BCUT2D eigenvalue weighted by molar-refractivity contribution is 7.89. The highest BCUT2D eigenvalue weighted by Gasteiger charge is 2.23. The molecule has 0 saturated heterocycles. The first-order valence-electron chi connectivity index (χ1n) is 7.18. The van der Waals surface area contributed by atoms with Crippen LogP contribution in [0.2, 0.25) is 0 Å². The molecule has 0 bridgehead atoms. The molecule has 0 amide bonds. The molecular formula is C15H22ClNO2S. The molecule has 0 unspecified atom stereocenters. The van der Waals surface area contributed by atoms with Gasteiger partial charge in [-0.15, -0.1) is 11.6 Å². The molecule has 1 aliphatic rings. The summed E-state index contributed by atoms with van der Waals surface area (Å²) in [5.74, 6) is 1.26. The molecule has 0 aliphatic heterocycles. The van der Waals surface area contributed by atoms with Gasteiger partial charge in [-0.3, -0.25) is 0 Å². The maximum atomic E-state index is 12.3. The Labute approximate surface area is 126 Å². The van der Waals surface area contributed by atoms with E-state index in [1.54, 1.807) is 12.1 Å². The van der Waals surface area contributed by atoms with Crippen molar-refractivity contribution < 1.29 is 8.42 Å². The molecule has 1 aliphatic carbocycles. The molecule has 2 rings (SSSR count). The van der Waals surface area contributed by atoms with E-state index >= 15 is 0 Å². The predicted molar refractivity (Wildman–Crippen MR) is 82.6 cm³/mol. The number of benzene rings is 1. The molecule has 112 valence electrons. The number of rotatable bonds is 5. The SMILES string of the molecule is CC1CCC(NS(=O)(=O)c2ccc(CCCl)cc2)CC1. The smallest absolute Gasteiger partial charge is 0.208 e. The Kier molecular flexibility index (Phi) is 5.47. The summed E-state index contributed by atoms with van der Waals surface area (Å²) in [4.78, 5) is 0.342. The van der Waals surface area contributed by atoms with E-state index in [0.29, 0.717) is 16.7 Å². The van der Waals surface area contributed by atoms with Crippen LogP contribution in [0.5, 0.6) is 0 Å². The van der Waals surface area contributed by atoms with Crippen LogP contribution in [0.1, 0.15) is 38.2 Å². The summed E-state index contributed by atoms with van der Waals surface area (Å²) in [6, 6.07) is 7.07. The fraction of sp³-hybridized carbons (Fsp3) is 0.600. The van der Waals surface area contributed by atoms with E-state index in [-0.39, 0.29) is 6.04 Å². The molecular weight excluding hydrogens is 294 g/mol. The largest absolute Gasteiger partial charge is 0.240 e. The number of alkyl halides is 1. The van der Waals surface area contributed by atoms with Gasteiger partial charge in [-0.25, -0.2) is 13.1 Å². The zero-order valence-electron chi connectivity index (χ0n) is 11.8. The maximum absolute atomic E-state index is 12.3. The van der Waals surface area contributed by atoms with Gasteiger partial charge in [-0.1, -0.05) is 19.1 Å². The molecule has 1 fully saturated rings. The van der Waals surface area contributed by atoms with Gasteiger partial charge in [0.05, 0.1) is 4.90 Å². The van der Waals surface area contributed by atoms with Crippen molar-refractivity contribution in [2.24, 2.45) is 5.92 Å². The van der Waals surface area contributed by atoms with Crippen molar-refractivity contribution in [3.63, 3.8) is 0 Å². The van der Waals surface area contributed by atoms with Gasteiger partial charge < -0.3 is 0 Å². The molecule has 5 heteroatoms. The number of aryl methyl sites for hydroxylation is 1. The average molecular weight is 316 g/mol. The molecule has 0 heterocycles. The fourth-order valence-electron chi connectivity index (χ4n) is 2.61. The van der Waals surface area contributed by atoms with Gasteiger partial charge in [-0.05, 0) is 55.7 Å². The van der Waals surface area contributed by atoms with Crippen molar-refractivity contribution in [1.82, 2.24) is 4.72 Å². The third kappa shape index (κ3) is 4.21. The monoisotopic (exact) mass is 315 g/mol. The topological polar surface area (TPSA) is 46.2 Å². The zero-order valence-corrected chi connectivity index (χ0v) is 13.4. The summed E-state index contributed by atoms with van der Waals surface area (Å²) in [6.45, 7) is 2.22. The third-order valence-corrected chi connectivity index (χ3v) is 5.68. The van der Waals surface area contributed by atoms with Crippen LogP contribution in [0.4, 0.5) is 0 Å². The van der Waals surface area contributed by atoms with Crippen LogP contribution in [-0.2, 0) is 16.4 Å². The lowest BCUT2D eigenvalue weighted by Gasteiger charge is -2.26. The molecule has 1 N–H and O–H groups in total. The van der Waals surface area contributed by atoms with Gasteiger partial charge in [-0.2, -0.15) is 0 Å². The zero-order chi connectivity index (χ0) is 14.6. The van der Waals surface area contributed by atoms with E-state index in [9.17, 15) is 8.42 Å². The second kappa shape index (κ2) is 6.92. The molecule has 0 radical (unpaired) electrons. The summed E-state index contributed by atoms with van der Waals surface area (Å²) in [7, 11) is -3.39. The normalized spacial score (nSPS) is 23.7. The second-order valence-corrected chi connectivity index (χ2v) is 7.75. The lowest BCUT2D eigenvalue weighted by atomic mass is 9.88. The van der Waals surface area contributed by atoms with E-state index in [0.717, 1.165) is 37.7 Å². The molecule has 20 heavy (non-hydrogen) atoms. The van der Waals surface area contributed by atoms with Crippen LogP contribution in [0.15, 0.2) is 29.2 Å². The Balaban J connectivity index is 2.02. The van der Waals surface area contributed by atoms with Gasteiger partial charge >= 0.3 is 0 Å². The summed E-state index contributed by atoms with van der Waals surface area (Å²) in [5, 5.41) is 0. The van der Waals surface area contributed by atoms with Crippen molar-refractivity contribution in [3.8, 4) is 0 Å². The van der Waals surface area contributed by atoms with Crippen LogP contribution in [0, 0.1) is 5.92 Å². The quantitative estimate of drug-likeness (QED) is 0.847. The van der Waals surface area contributed by atoms with Crippen molar-refractivity contribution in [1.29, 1.82) is 0 Å². The first-order chi connectivity index (χ1) is 9.51. The van der Waals surface area contributed by atoms with Crippen LogP contribution < -0.4 is 4.72 Å². The second-order valence-electron chi connectivity index (χ2n) is 5.66. The maximum Gasteiger partial charge on any atom is 0.240 e. The fourth-order valence-corrected chi connectivity index (χ4v) is 4.13. The Morgan fingerprint density at radius 2 is 1.75 bits per heavy atom. The molecule has 1 aromatic rings. The van der Waals surface area contributed by atoms with E-state index in [1.165, 1.54) is 0 Å². The van der Waals surface area contributed by atoms with Gasteiger partial charge in [0.25, 0.3) is 0 Å². The van der Waals surface area contributed by atoms with Gasteiger partial charge in [0, 0.05) is 11.9 Å². The lowest BCUT2D eigenvalue weighted by Crippen LogP contribution is -2.37. The molecule has 1 saturated carbocycles. The predicted octanol–water partition coefficient (Wildman–Crippen LogP) is 3.32. The number of hydrogen-bond donors (Lipinski definition) is 1. The minimum absolute atomic E-state index is 0.0821. The first kappa shape index (κ1) is 15.8. The summed E-state index contributed by atoms with van der Waals surface area (Å²) in [5.41, 5.74) is 1.06. The number of sulfonamides is 1. The van der Waals surface area contributed by atoms with Crippen molar-refractivity contribution >= 4 is 21.6 Å². The Bertz CT molecular complexity index is 519. The standard InChI is InChI=1S/C15H22ClNO2S/c1-12-2-6-14(7-3-12)17-20(18,19)15-8-4-13(5-9-15)10-11-16/h4-5,8-9,12,14,17H,2-3,6-7,10-11H2,1H3. The average Bonchev–Trinajstić information content (AvgIpc) is 2.42. The van der Waals surface area contributed by atoms with E-state index < -0.39 is 10.0 Å². The lowest BCUT2D eigenvalue weighted by molar-refractivity contribution is 0.332. The van der Waals surface area contributed by atoms with E-state index in [1.807, 2.05) is 12.1 Å². The molecule has 3 nitrogen and oxygen atoms in total. The highest BCUT2D eigenvalue weighted by Crippen LogP contribution is 2.24.